The topological polar surface area (TPSA) is 144 Å². The van der Waals surface area contributed by atoms with Gasteiger partial charge in [-0.15, -0.1) is 22.7 Å². The summed E-state index contributed by atoms with van der Waals surface area (Å²) in [5.41, 5.74) is 6.64. The Morgan fingerprint density at radius 1 is 1.27 bits per heavy atom. The van der Waals surface area contributed by atoms with Gasteiger partial charge in [-0.25, -0.2) is 9.78 Å². The second kappa shape index (κ2) is 7.65. The maximum atomic E-state index is 12.8. The lowest BCUT2D eigenvalue weighted by Crippen LogP contribution is -2.28. The van der Waals surface area contributed by atoms with Gasteiger partial charge >= 0.3 is 5.97 Å². The highest BCUT2D eigenvalue weighted by Gasteiger charge is 2.25. The van der Waals surface area contributed by atoms with Crippen LogP contribution < -0.4 is 16.6 Å². The third kappa shape index (κ3) is 3.39. The highest BCUT2D eigenvalue weighted by atomic mass is 32.1. The van der Waals surface area contributed by atoms with Crippen molar-refractivity contribution in [2.45, 2.75) is 39.2 Å². The lowest BCUT2D eigenvalue weighted by Gasteiger charge is -2.11. The highest BCUT2D eigenvalue weighted by molar-refractivity contribution is 7.20. The van der Waals surface area contributed by atoms with Gasteiger partial charge in [-0.2, -0.15) is 0 Å². The molecule has 0 radical (unpaired) electrons. The van der Waals surface area contributed by atoms with Gasteiger partial charge in [-0.1, -0.05) is 0 Å². The molecule has 2 amide bonds. The molecule has 1 aliphatic rings. The van der Waals surface area contributed by atoms with E-state index in [-0.39, 0.29) is 16.8 Å². The molecule has 0 saturated carbocycles. The van der Waals surface area contributed by atoms with E-state index in [4.69, 9.17) is 5.73 Å². The molecule has 3 heterocycles. The van der Waals surface area contributed by atoms with Crippen molar-refractivity contribution in [2.75, 3.05) is 5.32 Å². The van der Waals surface area contributed by atoms with E-state index >= 15 is 0 Å². The Labute approximate surface area is 178 Å². The summed E-state index contributed by atoms with van der Waals surface area (Å²) in [6, 6.07) is 0. The first-order valence-electron chi connectivity index (χ1n) is 9.24. The number of anilines is 1. The molecule has 1 aliphatic carbocycles. The number of carboxylic acid groups (broad SMARTS) is 1. The van der Waals surface area contributed by atoms with E-state index < -0.39 is 23.3 Å². The fourth-order valence-corrected chi connectivity index (χ4v) is 6.00. The number of hydrogen-bond donors (Lipinski definition) is 3. The number of carbonyl (C=O) groups excluding carboxylic acids is 2. The molecule has 0 aromatic carbocycles. The number of aromatic nitrogens is 2. The Bertz CT molecular complexity index is 1270. The fourth-order valence-electron chi connectivity index (χ4n) is 3.71. The highest BCUT2D eigenvalue weighted by Crippen LogP contribution is 2.37. The summed E-state index contributed by atoms with van der Waals surface area (Å²) in [7, 11) is 0. The molecule has 0 aliphatic heterocycles. The molecule has 156 valence electrons. The molecule has 3 aromatic rings. The first-order chi connectivity index (χ1) is 14.3. The quantitative estimate of drug-likeness (QED) is 0.548. The average molecular weight is 447 g/mol. The van der Waals surface area contributed by atoms with Crippen molar-refractivity contribution >= 4 is 55.7 Å². The summed E-state index contributed by atoms with van der Waals surface area (Å²) in [4.78, 5) is 54.2. The summed E-state index contributed by atoms with van der Waals surface area (Å²) in [5.74, 6) is -2.20. The van der Waals surface area contributed by atoms with Crippen molar-refractivity contribution in [3.8, 4) is 0 Å². The summed E-state index contributed by atoms with van der Waals surface area (Å²) in [6.45, 7) is 1.23. The van der Waals surface area contributed by atoms with Crippen LogP contribution in [-0.2, 0) is 24.2 Å². The molecular weight excluding hydrogens is 428 g/mol. The number of thiophene rings is 2. The third-order valence-corrected chi connectivity index (χ3v) is 7.49. The molecule has 4 N–H and O–H groups in total. The Morgan fingerprint density at radius 3 is 2.70 bits per heavy atom. The molecule has 0 fully saturated rings. The van der Waals surface area contributed by atoms with Crippen LogP contribution in [0.5, 0.6) is 0 Å². The Hall–Kier alpha value is -3.05. The van der Waals surface area contributed by atoms with E-state index in [1.807, 2.05) is 0 Å². The van der Waals surface area contributed by atoms with Gasteiger partial charge in [-0.3, -0.25) is 19.0 Å². The van der Waals surface area contributed by atoms with E-state index in [0.717, 1.165) is 52.0 Å². The van der Waals surface area contributed by atoms with Crippen molar-refractivity contribution in [2.24, 2.45) is 5.73 Å². The number of amides is 2. The van der Waals surface area contributed by atoms with Crippen LogP contribution in [0.2, 0.25) is 0 Å². The zero-order valence-corrected chi connectivity index (χ0v) is 17.6. The maximum Gasteiger partial charge on any atom is 0.346 e. The molecule has 9 nitrogen and oxygen atoms in total. The van der Waals surface area contributed by atoms with Crippen LogP contribution in [0.1, 0.15) is 48.9 Å². The van der Waals surface area contributed by atoms with Gasteiger partial charge in [0.15, 0.2) is 0 Å². The number of nitrogens with two attached hydrogens (primary N) is 1. The number of aryl methyl sites for hydroxylation is 2. The van der Waals surface area contributed by atoms with Gasteiger partial charge in [0.2, 0.25) is 5.91 Å². The van der Waals surface area contributed by atoms with Crippen molar-refractivity contribution in [1.29, 1.82) is 0 Å². The largest absolute Gasteiger partial charge is 0.477 e. The van der Waals surface area contributed by atoms with E-state index in [9.17, 15) is 24.3 Å². The molecule has 0 unspecified atom stereocenters. The van der Waals surface area contributed by atoms with Gasteiger partial charge in [0, 0.05) is 4.88 Å². The summed E-state index contributed by atoms with van der Waals surface area (Å²) in [6.07, 6.45) is 4.82. The Balaban J connectivity index is 1.63. The predicted octanol–water partition coefficient (Wildman–Crippen LogP) is 2.14. The zero-order chi connectivity index (χ0) is 21.6. The smallest absolute Gasteiger partial charge is 0.346 e. The molecule has 30 heavy (non-hydrogen) atoms. The third-order valence-electron chi connectivity index (χ3n) is 5.10. The monoisotopic (exact) mass is 446 g/mol. The van der Waals surface area contributed by atoms with Gasteiger partial charge in [0.05, 0.1) is 17.3 Å². The number of rotatable bonds is 5. The van der Waals surface area contributed by atoms with E-state index in [1.54, 1.807) is 6.92 Å². The van der Waals surface area contributed by atoms with Crippen molar-refractivity contribution < 1.29 is 19.5 Å². The normalized spacial score (nSPS) is 13.2. The molecule has 11 heteroatoms. The predicted molar refractivity (Wildman–Crippen MR) is 114 cm³/mol. The van der Waals surface area contributed by atoms with Gasteiger partial charge in [0.1, 0.15) is 21.3 Å². The summed E-state index contributed by atoms with van der Waals surface area (Å²) < 4.78 is 1.13. The summed E-state index contributed by atoms with van der Waals surface area (Å²) in [5, 5.41) is 12.6. The zero-order valence-electron chi connectivity index (χ0n) is 16.0. The van der Waals surface area contributed by atoms with E-state index in [0.29, 0.717) is 21.0 Å². The molecular formula is C19H18N4O5S2. The lowest BCUT2D eigenvalue weighted by molar-refractivity contribution is -0.116. The number of aromatic carboxylic acids is 1. The minimum absolute atomic E-state index is 0.0482. The van der Waals surface area contributed by atoms with Crippen LogP contribution in [0.3, 0.4) is 0 Å². The van der Waals surface area contributed by atoms with E-state index in [1.165, 1.54) is 17.7 Å². The SMILES string of the molecule is Cc1c(C(=O)O)sc2ncn(CC(=O)Nc3sc4c(c3C(N)=O)CCCC4)c(=O)c12. The van der Waals surface area contributed by atoms with Crippen molar-refractivity contribution in [1.82, 2.24) is 9.55 Å². The average Bonchev–Trinajstić information content (AvgIpc) is 3.21. The van der Waals surface area contributed by atoms with Crippen LogP contribution in [0.15, 0.2) is 11.1 Å². The van der Waals surface area contributed by atoms with Gasteiger partial charge in [0.25, 0.3) is 11.5 Å². The molecule has 4 rings (SSSR count). The molecule has 0 spiro atoms. The minimum atomic E-state index is -1.13. The van der Waals surface area contributed by atoms with Crippen LogP contribution in [0, 0.1) is 6.92 Å². The molecule has 0 saturated heterocycles. The standard InChI is InChI=1S/C19H18N4O5S2/c1-8-12-16(30-14(8)19(27)28)21-7-23(18(12)26)6-11(24)22-17-13(15(20)25)9-4-2-3-5-10(9)29-17/h7H,2-6H2,1H3,(H2,20,25)(H,22,24)(H,27,28). The second-order valence-corrected chi connectivity index (χ2v) is 9.15. The minimum Gasteiger partial charge on any atom is -0.477 e. The van der Waals surface area contributed by atoms with Gasteiger partial charge in [-0.05, 0) is 43.7 Å². The number of primary amides is 1. The van der Waals surface area contributed by atoms with Crippen molar-refractivity contribution in [3.63, 3.8) is 0 Å². The maximum absolute atomic E-state index is 12.8. The number of fused-ring (bicyclic) bond motifs is 2. The molecule has 3 aromatic heterocycles. The van der Waals surface area contributed by atoms with Crippen molar-refractivity contribution in [3.05, 3.63) is 43.1 Å². The summed E-state index contributed by atoms with van der Waals surface area (Å²) >= 11 is 2.27. The Morgan fingerprint density at radius 2 is 2.00 bits per heavy atom. The fraction of sp³-hybridized carbons (Fsp3) is 0.316. The van der Waals surface area contributed by atoms with Crippen LogP contribution >= 0.6 is 22.7 Å². The number of nitrogens with zero attached hydrogens (tertiary/aromatic N) is 2. The van der Waals surface area contributed by atoms with Crippen LogP contribution in [0.4, 0.5) is 5.00 Å². The second-order valence-electron chi connectivity index (χ2n) is 7.05. The first kappa shape index (κ1) is 20.2. The van der Waals surface area contributed by atoms with Crippen LogP contribution in [-0.4, -0.2) is 32.4 Å². The number of carbonyl (C=O) groups is 3. The first-order valence-corrected chi connectivity index (χ1v) is 10.9. The van der Waals surface area contributed by atoms with E-state index in [2.05, 4.69) is 10.3 Å². The molecule has 0 atom stereocenters. The van der Waals surface area contributed by atoms with Crippen LogP contribution in [0.25, 0.3) is 10.2 Å². The van der Waals surface area contributed by atoms with Gasteiger partial charge < -0.3 is 16.2 Å². The lowest BCUT2D eigenvalue weighted by atomic mass is 9.95. The molecule has 0 bridgehead atoms. The number of hydrogen-bond acceptors (Lipinski definition) is 7. The Kier molecular flexibility index (Phi) is 5.16. The number of carboxylic acids is 1. The number of nitrogens with one attached hydrogen (secondary N) is 1.